The van der Waals surface area contributed by atoms with E-state index < -0.39 is 0 Å². The van der Waals surface area contributed by atoms with Gasteiger partial charge in [-0.05, 0) is 103 Å². The van der Waals surface area contributed by atoms with Crippen LogP contribution in [0, 0.1) is 0 Å². The Morgan fingerprint density at radius 3 is 1.52 bits per heavy atom. The molecule has 8 nitrogen and oxygen atoms in total. The van der Waals surface area contributed by atoms with Gasteiger partial charge in [-0.15, -0.1) is 0 Å². The maximum Gasteiger partial charge on any atom is 0.127 e. The van der Waals surface area contributed by atoms with Crippen LogP contribution in [0.4, 0.5) is 11.6 Å². The summed E-state index contributed by atoms with van der Waals surface area (Å²) in [6, 6.07) is 45.1. The number of nitrogens with zero attached hydrogens (tertiary/aromatic N) is 4. The fourth-order valence-electron chi connectivity index (χ4n) is 7.94. The number of anilines is 2. The van der Waals surface area contributed by atoms with Gasteiger partial charge in [-0.1, -0.05) is 91.3 Å². The van der Waals surface area contributed by atoms with Crippen molar-refractivity contribution in [2.45, 2.75) is 32.2 Å². The number of likely N-dealkylation sites (tertiary alicyclic amines) is 1. The molecule has 0 amide bonds. The SMILES string of the molecule is Nc1cccc(-c2ccc(OCCN3CCCCC3)c3ccccc23)n1.Nc1cccc(-c2ccc(OCCN3CCc4ccccc4C3)c3ccccc23)n1. The standard InChI is InChI=1S/C26H25N3O.C22H25N3O/c27-26-11-5-10-24(28-26)22-12-13-25(23-9-4-3-8-21(22)23)30-17-16-29-15-14-19-6-1-2-7-20(19)18-29;23-22-10-6-9-20(24-22)18-11-12-21(19-8-3-2-7-17(18)19)26-16-15-25-13-4-1-5-14-25/h1-13H,14-18H2,(H2,27,28);2-3,6-12H,1,4-5,13-16H2,(H2,23,24). The number of benzene rings is 5. The van der Waals surface area contributed by atoms with E-state index in [1.165, 1.54) is 43.5 Å². The third-order valence-electron chi connectivity index (χ3n) is 10.8. The second-order valence-electron chi connectivity index (χ2n) is 14.6. The minimum atomic E-state index is 0.528. The van der Waals surface area contributed by atoms with Crippen molar-refractivity contribution >= 4 is 33.2 Å². The zero-order chi connectivity index (χ0) is 38.1. The number of ether oxygens (including phenoxy) is 2. The lowest BCUT2D eigenvalue weighted by Crippen LogP contribution is -2.33. The van der Waals surface area contributed by atoms with E-state index in [2.05, 4.69) is 98.6 Å². The third-order valence-corrected chi connectivity index (χ3v) is 10.8. The molecule has 284 valence electrons. The summed E-state index contributed by atoms with van der Waals surface area (Å²) < 4.78 is 12.4. The monoisotopic (exact) mass is 742 g/mol. The topological polar surface area (TPSA) is 103 Å². The maximum atomic E-state index is 6.24. The van der Waals surface area contributed by atoms with Gasteiger partial charge in [0.15, 0.2) is 0 Å². The summed E-state index contributed by atoms with van der Waals surface area (Å²) in [5, 5.41) is 4.48. The Morgan fingerprint density at radius 2 is 0.964 bits per heavy atom. The average molecular weight is 743 g/mol. The second-order valence-corrected chi connectivity index (χ2v) is 14.6. The van der Waals surface area contributed by atoms with Crippen molar-refractivity contribution in [3.05, 3.63) is 145 Å². The van der Waals surface area contributed by atoms with Gasteiger partial charge in [0.25, 0.3) is 0 Å². The van der Waals surface area contributed by atoms with Crippen LogP contribution in [0.1, 0.15) is 30.4 Å². The molecular weight excluding hydrogens is 693 g/mol. The third kappa shape index (κ3) is 8.78. The number of pyridine rings is 2. The molecule has 56 heavy (non-hydrogen) atoms. The first-order chi connectivity index (χ1) is 27.6. The van der Waals surface area contributed by atoms with Crippen LogP contribution < -0.4 is 20.9 Å². The van der Waals surface area contributed by atoms with Crippen molar-refractivity contribution in [2.75, 3.05) is 57.4 Å². The first-order valence-corrected chi connectivity index (χ1v) is 19.9. The normalized spacial score (nSPS) is 14.5. The van der Waals surface area contributed by atoms with Crippen molar-refractivity contribution in [1.82, 2.24) is 19.8 Å². The maximum absolute atomic E-state index is 6.24. The molecule has 7 aromatic rings. The number of aromatic nitrogens is 2. The molecule has 0 unspecified atom stereocenters. The molecule has 1 saturated heterocycles. The highest BCUT2D eigenvalue weighted by Gasteiger charge is 2.17. The van der Waals surface area contributed by atoms with Gasteiger partial charge in [-0.25, -0.2) is 9.97 Å². The van der Waals surface area contributed by atoms with Crippen LogP contribution in [0.25, 0.3) is 44.1 Å². The van der Waals surface area contributed by atoms with E-state index in [1.54, 1.807) is 0 Å². The zero-order valence-electron chi connectivity index (χ0n) is 31.9. The molecule has 2 aliphatic heterocycles. The van der Waals surface area contributed by atoms with E-state index in [-0.39, 0.29) is 0 Å². The fraction of sp³-hybridized carbons (Fsp3) is 0.250. The van der Waals surface area contributed by atoms with E-state index >= 15 is 0 Å². The predicted molar refractivity (Wildman–Crippen MR) is 230 cm³/mol. The van der Waals surface area contributed by atoms with Crippen LogP contribution in [0.3, 0.4) is 0 Å². The van der Waals surface area contributed by atoms with Gasteiger partial charge in [0.05, 0.1) is 11.4 Å². The average Bonchev–Trinajstić information content (AvgIpc) is 3.24. The van der Waals surface area contributed by atoms with Crippen LogP contribution in [-0.4, -0.2) is 65.7 Å². The predicted octanol–water partition coefficient (Wildman–Crippen LogP) is 9.27. The molecule has 4 N–H and O–H groups in total. The summed E-state index contributed by atoms with van der Waals surface area (Å²) in [7, 11) is 0. The first kappa shape index (κ1) is 37.0. The molecule has 4 heterocycles. The smallest absolute Gasteiger partial charge is 0.127 e. The minimum Gasteiger partial charge on any atom is -0.492 e. The zero-order valence-corrected chi connectivity index (χ0v) is 31.9. The highest BCUT2D eigenvalue weighted by atomic mass is 16.5. The lowest BCUT2D eigenvalue weighted by Gasteiger charge is -2.28. The summed E-state index contributed by atoms with van der Waals surface area (Å²) in [4.78, 5) is 13.9. The highest BCUT2D eigenvalue weighted by molar-refractivity contribution is 6.00. The Balaban J connectivity index is 0.000000159. The van der Waals surface area contributed by atoms with E-state index in [9.17, 15) is 0 Å². The van der Waals surface area contributed by atoms with Gasteiger partial charge < -0.3 is 20.9 Å². The van der Waals surface area contributed by atoms with Crippen molar-refractivity contribution < 1.29 is 9.47 Å². The number of hydrogen-bond acceptors (Lipinski definition) is 8. The fourth-order valence-corrected chi connectivity index (χ4v) is 7.94. The molecule has 0 radical (unpaired) electrons. The van der Waals surface area contributed by atoms with Crippen LogP contribution in [0.15, 0.2) is 133 Å². The largest absolute Gasteiger partial charge is 0.492 e. The summed E-state index contributed by atoms with van der Waals surface area (Å²) in [6.45, 7) is 7.78. The lowest BCUT2D eigenvalue weighted by molar-refractivity contribution is 0.184. The summed E-state index contributed by atoms with van der Waals surface area (Å²) in [6.07, 6.45) is 5.10. The summed E-state index contributed by atoms with van der Waals surface area (Å²) in [5.41, 5.74) is 18.6. The molecule has 8 heteroatoms. The Hall–Kier alpha value is -5.96. The molecule has 1 fully saturated rings. The lowest BCUT2D eigenvalue weighted by atomic mass is 10.00. The number of rotatable bonds is 10. The van der Waals surface area contributed by atoms with Gasteiger partial charge in [0.2, 0.25) is 0 Å². The second kappa shape index (κ2) is 17.7. The molecule has 0 atom stereocenters. The van der Waals surface area contributed by atoms with Crippen LogP contribution >= 0.6 is 0 Å². The van der Waals surface area contributed by atoms with Crippen LogP contribution in [0.5, 0.6) is 11.5 Å². The number of nitrogen functional groups attached to an aromatic ring is 2. The van der Waals surface area contributed by atoms with E-state index in [4.69, 9.17) is 20.9 Å². The van der Waals surface area contributed by atoms with Gasteiger partial charge in [-0.2, -0.15) is 0 Å². The molecule has 2 aliphatic rings. The molecule has 2 aromatic heterocycles. The molecule has 0 saturated carbocycles. The van der Waals surface area contributed by atoms with Crippen molar-refractivity contribution in [3.8, 4) is 34.0 Å². The number of fused-ring (bicyclic) bond motifs is 3. The first-order valence-electron chi connectivity index (χ1n) is 19.9. The Morgan fingerprint density at radius 1 is 0.464 bits per heavy atom. The number of piperidine rings is 1. The minimum absolute atomic E-state index is 0.528. The molecule has 0 spiro atoms. The number of nitrogens with two attached hydrogens (primary N) is 2. The van der Waals surface area contributed by atoms with Gasteiger partial charge in [-0.3, -0.25) is 9.80 Å². The Kier molecular flexibility index (Phi) is 11.7. The molecule has 5 aromatic carbocycles. The Labute approximate surface area is 329 Å². The van der Waals surface area contributed by atoms with Crippen molar-refractivity contribution in [2.24, 2.45) is 0 Å². The summed E-state index contributed by atoms with van der Waals surface area (Å²) in [5.74, 6) is 2.91. The van der Waals surface area contributed by atoms with E-state index in [0.29, 0.717) is 18.2 Å². The molecule has 9 rings (SSSR count). The molecule has 0 bridgehead atoms. The van der Waals surface area contributed by atoms with E-state index in [0.717, 1.165) is 94.8 Å². The van der Waals surface area contributed by atoms with Gasteiger partial charge >= 0.3 is 0 Å². The number of hydrogen-bond donors (Lipinski definition) is 2. The van der Waals surface area contributed by atoms with Gasteiger partial charge in [0.1, 0.15) is 36.3 Å². The molecule has 0 aliphatic carbocycles. The van der Waals surface area contributed by atoms with Crippen molar-refractivity contribution in [1.29, 1.82) is 0 Å². The Bertz CT molecular complexity index is 2410. The van der Waals surface area contributed by atoms with E-state index in [1.807, 2.05) is 54.6 Å². The highest BCUT2D eigenvalue weighted by Crippen LogP contribution is 2.35. The van der Waals surface area contributed by atoms with Crippen LogP contribution in [-0.2, 0) is 13.0 Å². The quantitative estimate of drug-likeness (QED) is 0.143. The van der Waals surface area contributed by atoms with Gasteiger partial charge in [0, 0.05) is 48.1 Å². The van der Waals surface area contributed by atoms with Crippen molar-refractivity contribution in [3.63, 3.8) is 0 Å². The summed E-state index contributed by atoms with van der Waals surface area (Å²) >= 11 is 0. The van der Waals surface area contributed by atoms with Crippen LogP contribution in [0.2, 0.25) is 0 Å². The molecular formula is C48H50N6O2.